The molecule has 3 atom stereocenters. The van der Waals surface area contributed by atoms with E-state index in [9.17, 15) is 4.79 Å². The van der Waals surface area contributed by atoms with E-state index in [1.54, 1.807) is 0 Å². The molecular formula is C15H22N2O. The highest BCUT2D eigenvalue weighted by molar-refractivity contribution is 5.76. The molecule has 1 aromatic carbocycles. The van der Waals surface area contributed by atoms with Crippen LogP contribution in [-0.2, 0) is 4.79 Å². The van der Waals surface area contributed by atoms with Crippen molar-refractivity contribution in [3.63, 3.8) is 0 Å². The topological polar surface area (TPSA) is 55.1 Å². The van der Waals surface area contributed by atoms with Crippen LogP contribution in [0.25, 0.3) is 0 Å². The second kappa shape index (κ2) is 6.01. The van der Waals surface area contributed by atoms with E-state index in [0.29, 0.717) is 12.3 Å². The summed E-state index contributed by atoms with van der Waals surface area (Å²) in [5, 5.41) is 3.05. The molecule has 0 bridgehead atoms. The summed E-state index contributed by atoms with van der Waals surface area (Å²) in [6.45, 7) is 2.02. The molecular weight excluding hydrogens is 224 g/mol. The average Bonchev–Trinajstić information content (AvgIpc) is 2.76. The second-order valence-corrected chi connectivity index (χ2v) is 5.26. The minimum atomic E-state index is 0.0660. The maximum absolute atomic E-state index is 12.0. The third kappa shape index (κ3) is 3.33. The first kappa shape index (κ1) is 13.1. The Labute approximate surface area is 109 Å². The van der Waals surface area contributed by atoms with Crippen LogP contribution in [0.1, 0.15) is 44.2 Å². The van der Waals surface area contributed by atoms with Crippen LogP contribution in [-0.4, -0.2) is 11.9 Å². The quantitative estimate of drug-likeness (QED) is 0.857. The van der Waals surface area contributed by atoms with Crippen LogP contribution in [0.15, 0.2) is 30.3 Å². The molecule has 3 nitrogen and oxygen atoms in total. The highest BCUT2D eigenvalue weighted by Gasteiger charge is 2.26. The second-order valence-electron chi connectivity index (χ2n) is 5.26. The Bertz CT molecular complexity index is 391. The molecule has 1 amide bonds. The first-order valence-electron chi connectivity index (χ1n) is 6.76. The van der Waals surface area contributed by atoms with Crippen LogP contribution >= 0.6 is 0 Å². The van der Waals surface area contributed by atoms with Crippen molar-refractivity contribution in [2.24, 2.45) is 11.7 Å². The van der Waals surface area contributed by atoms with Crippen molar-refractivity contribution in [3.05, 3.63) is 35.9 Å². The van der Waals surface area contributed by atoms with Gasteiger partial charge in [0.15, 0.2) is 0 Å². The number of hydrogen-bond acceptors (Lipinski definition) is 2. The summed E-state index contributed by atoms with van der Waals surface area (Å²) in [6, 6.07) is 10.3. The summed E-state index contributed by atoms with van der Waals surface area (Å²) in [5.41, 5.74) is 7.13. The number of hydrogen-bond donors (Lipinski definition) is 2. The average molecular weight is 246 g/mol. The van der Waals surface area contributed by atoms with Crippen LogP contribution in [0.5, 0.6) is 0 Å². The van der Waals surface area contributed by atoms with E-state index < -0.39 is 0 Å². The van der Waals surface area contributed by atoms with E-state index in [1.165, 1.54) is 0 Å². The van der Waals surface area contributed by atoms with Gasteiger partial charge in [-0.05, 0) is 31.2 Å². The zero-order valence-corrected chi connectivity index (χ0v) is 10.9. The smallest absolute Gasteiger partial charge is 0.220 e. The molecule has 0 spiro atoms. The van der Waals surface area contributed by atoms with Gasteiger partial charge in [-0.25, -0.2) is 0 Å². The van der Waals surface area contributed by atoms with Crippen LogP contribution in [0.4, 0.5) is 0 Å². The van der Waals surface area contributed by atoms with Gasteiger partial charge >= 0.3 is 0 Å². The Morgan fingerprint density at radius 1 is 1.39 bits per heavy atom. The number of nitrogens with two attached hydrogens (primary N) is 1. The van der Waals surface area contributed by atoms with Gasteiger partial charge in [-0.3, -0.25) is 4.79 Å². The molecule has 0 aliphatic heterocycles. The fourth-order valence-corrected chi connectivity index (χ4v) is 2.68. The zero-order valence-electron chi connectivity index (χ0n) is 10.9. The van der Waals surface area contributed by atoms with Gasteiger partial charge in [-0.15, -0.1) is 0 Å². The lowest BCUT2D eigenvalue weighted by molar-refractivity contribution is -0.122. The number of nitrogens with one attached hydrogen (secondary N) is 1. The Balaban J connectivity index is 1.84. The van der Waals surface area contributed by atoms with Gasteiger partial charge in [0.25, 0.3) is 0 Å². The minimum Gasteiger partial charge on any atom is -0.350 e. The monoisotopic (exact) mass is 246 g/mol. The van der Waals surface area contributed by atoms with Gasteiger partial charge in [0.05, 0.1) is 6.04 Å². The van der Waals surface area contributed by atoms with Crippen LogP contribution < -0.4 is 11.1 Å². The first-order chi connectivity index (χ1) is 8.66. The molecule has 1 aromatic rings. The lowest BCUT2D eigenvalue weighted by atomic mass is 9.99. The first-order valence-corrected chi connectivity index (χ1v) is 6.76. The Hall–Kier alpha value is -1.35. The van der Waals surface area contributed by atoms with E-state index in [0.717, 1.165) is 24.8 Å². The predicted molar refractivity (Wildman–Crippen MR) is 72.9 cm³/mol. The van der Waals surface area contributed by atoms with Crippen molar-refractivity contribution >= 4 is 5.91 Å². The van der Waals surface area contributed by atoms with Crippen molar-refractivity contribution in [2.75, 3.05) is 0 Å². The van der Waals surface area contributed by atoms with Gasteiger partial charge in [0.1, 0.15) is 0 Å². The molecule has 18 heavy (non-hydrogen) atoms. The molecule has 0 saturated heterocycles. The van der Waals surface area contributed by atoms with Gasteiger partial charge in [0.2, 0.25) is 5.91 Å². The van der Waals surface area contributed by atoms with Gasteiger partial charge in [-0.2, -0.15) is 0 Å². The molecule has 1 unspecified atom stereocenters. The zero-order chi connectivity index (χ0) is 13.0. The third-order valence-corrected chi connectivity index (χ3v) is 3.84. The highest BCUT2D eigenvalue weighted by Crippen LogP contribution is 2.27. The number of rotatable bonds is 4. The molecule has 2 rings (SSSR count). The van der Waals surface area contributed by atoms with Crippen LogP contribution in [0, 0.1) is 5.92 Å². The summed E-state index contributed by atoms with van der Waals surface area (Å²) in [5.74, 6) is 0.488. The van der Waals surface area contributed by atoms with Gasteiger partial charge in [0, 0.05) is 12.5 Å². The van der Waals surface area contributed by atoms with Gasteiger partial charge < -0.3 is 11.1 Å². The molecule has 98 valence electrons. The predicted octanol–water partition coefficient (Wildman–Crippen LogP) is 2.38. The number of amides is 1. The third-order valence-electron chi connectivity index (χ3n) is 3.84. The van der Waals surface area contributed by atoms with Gasteiger partial charge in [-0.1, -0.05) is 36.8 Å². The molecule has 3 heteroatoms. The number of carbonyl (C=O) groups excluding carboxylic acids is 1. The van der Waals surface area contributed by atoms with Crippen LogP contribution in [0.3, 0.4) is 0 Å². The van der Waals surface area contributed by atoms with Crippen molar-refractivity contribution in [2.45, 2.75) is 44.7 Å². The maximum atomic E-state index is 12.0. The molecule has 1 aliphatic rings. The van der Waals surface area contributed by atoms with Crippen molar-refractivity contribution in [1.29, 1.82) is 0 Å². The summed E-state index contributed by atoms with van der Waals surface area (Å²) < 4.78 is 0. The van der Waals surface area contributed by atoms with E-state index >= 15 is 0 Å². The molecule has 1 fully saturated rings. The Morgan fingerprint density at radius 3 is 2.72 bits per heavy atom. The molecule has 0 heterocycles. The Kier molecular flexibility index (Phi) is 4.37. The number of carbonyl (C=O) groups is 1. The van der Waals surface area contributed by atoms with Crippen LogP contribution in [0.2, 0.25) is 0 Å². The molecule has 1 aliphatic carbocycles. The van der Waals surface area contributed by atoms with Crippen molar-refractivity contribution < 1.29 is 4.79 Å². The highest BCUT2D eigenvalue weighted by atomic mass is 16.1. The Morgan fingerprint density at radius 2 is 2.11 bits per heavy atom. The summed E-state index contributed by atoms with van der Waals surface area (Å²) in [7, 11) is 0. The maximum Gasteiger partial charge on any atom is 0.220 e. The van der Waals surface area contributed by atoms with Crippen molar-refractivity contribution in [3.8, 4) is 0 Å². The fraction of sp³-hybridized carbons (Fsp3) is 0.533. The lowest BCUT2D eigenvalue weighted by Gasteiger charge is -2.18. The summed E-state index contributed by atoms with van der Waals surface area (Å²) in [4.78, 5) is 12.0. The largest absolute Gasteiger partial charge is 0.350 e. The summed E-state index contributed by atoms with van der Waals surface area (Å²) >= 11 is 0. The lowest BCUT2D eigenvalue weighted by Crippen LogP contribution is -2.32. The SMILES string of the molecule is CC(NC(=O)C[C@@H]1CCC[C@H]1N)c1ccccc1. The number of benzene rings is 1. The molecule has 0 radical (unpaired) electrons. The van der Waals surface area contributed by atoms with E-state index in [2.05, 4.69) is 5.32 Å². The molecule has 3 N–H and O–H groups in total. The standard InChI is InChI=1S/C15H22N2O/c1-11(12-6-3-2-4-7-12)17-15(18)10-13-8-5-9-14(13)16/h2-4,6-7,11,13-14H,5,8-10,16H2,1H3,(H,17,18)/t11?,13-,14+/m0/s1. The van der Waals surface area contributed by atoms with Crippen molar-refractivity contribution in [1.82, 2.24) is 5.32 Å². The molecule has 0 aromatic heterocycles. The van der Waals surface area contributed by atoms with E-state index in [4.69, 9.17) is 5.73 Å². The molecule has 1 saturated carbocycles. The van der Waals surface area contributed by atoms with E-state index in [-0.39, 0.29) is 18.0 Å². The van der Waals surface area contributed by atoms with E-state index in [1.807, 2.05) is 37.3 Å². The minimum absolute atomic E-state index is 0.0660. The fourth-order valence-electron chi connectivity index (χ4n) is 2.68. The summed E-state index contributed by atoms with van der Waals surface area (Å²) in [6.07, 6.45) is 3.88. The normalized spacial score (nSPS) is 24.8.